The Morgan fingerprint density at radius 3 is 2.30 bits per heavy atom. The lowest BCUT2D eigenvalue weighted by Gasteiger charge is -2.08. The SMILES string of the molecule is CNCCC(=O)Nc1ccc(Oc2ccccc2)cc1. The minimum absolute atomic E-state index is 0.00363. The summed E-state index contributed by atoms with van der Waals surface area (Å²) in [5, 5.41) is 5.77. The first kappa shape index (κ1) is 14.1. The Morgan fingerprint density at radius 2 is 1.65 bits per heavy atom. The summed E-state index contributed by atoms with van der Waals surface area (Å²) in [5.74, 6) is 1.53. The van der Waals surface area contributed by atoms with Crippen LogP contribution < -0.4 is 15.4 Å². The van der Waals surface area contributed by atoms with E-state index in [0.29, 0.717) is 13.0 Å². The molecule has 0 spiro atoms. The van der Waals surface area contributed by atoms with Crippen molar-refractivity contribution in [3.8, 4) is 11.5 Å². The second-order valence-electron chi connectivity index (χ2n) is 4.34. The molecule has 2 rings (SSSR count). The van der Waals surface area contributed by atoms with E-state index in [1.807, 2.05) is 61.6 Å². The van der Waals surface area contributed by atoms with Gasteiger partial charge in [0.15, 0.2) is 0 Å². The second kappa shape index (κ2) is 7.31. The van der Waals surface area contributed by atoms with Crippen LogP contribution in [0.15, 0.2) is 54.6 Å². The van der Waals surface area contributed by atoms with E-state index >= 15 is 0 Å². The number of hydrogen-bond donors (Lipinski definition) is 2. The molecule has 2 aromatic carbocycles. The maximum atomic E-state index is 11.6. The lowest BCUT2D eigenvalue weighted by atomic mass is 10.3. The smallest absolute Gasteiger partial charge is 0.225 e. The fourth-order valence-electron chi connectivity index (χ4n) is 1.69. The van der Waals surface area contributed by atoms with Gasteiger partial charge in [-0.3, -0.25) is 4.79 Å². The molecule has 0 radical (unpaired) electrons. The Kier molecular flexibility index (Phi) is 5.15. The van der Waals surface area contributed by atoms with Gasteiger partial charge in [-0.2, -0.15) is 0 Å². The maximum absolute atomic E-state index is 11.6. The molecule has 0 aliphatic carbocycles. The molecule has 104 valence electrons. The van der Waals surface area contributed by atoms with Gasteiger partial charge in [-0.25, -0.2) is 0 Å². The minimum atomic E-state index is -0.00363. The zero-order chi connectivity index (χ0) is 14.2. The summed E-state index contributed by atoms with van der Waals surface area (Å²) in [6, 6.07) is 16.9. The fraction of sp³-hybridized carbons (Fsp3) is 0.188. The van der Waals surface area contributed by atoms with Crippen LogP contribution >= 0.6 is 0 Å². The second-order valence-corrected chi connectivity index (χ2v) is 4.34. The minimum Gasteiger partial charge on any atom is -0.457 e. The first-order valence-corrected chi connectivity index (χ1v) is 6.55. The number of carbonyl (C=O) groups is 1. The molecule has 0 saturated heterocycles. The van der Waals surface area contributed by atoms with Crippen LogP contribution in [0.2, 0.25) is 0 Å². The van der Waals surface area contributed by atoms with Crippen LogP contribution in [-0.2, 0) is 4.79 Å². The number of benzene rings is 2. The molecule has 0 unspecified atom stereocenters. The summed E-state index contributed by atoms with van der Waals surface area (Å²) in [4.78, 5) is 11.6. The van der Waals surface area contributed by atoms with Crippen LogP contribution in [0.5, 0.6) is 11.5 Å². The van der Waals surface area contributed by atoms with E-state index in [1.165, 1.54) is 0 Å². The zero-order valence-electron chi connectivity index (χ0n) is 11.4. The monoisotopic (exact) mass is 270 g/mol. The number of ether oxygens (including phenoxy) is 1. The van der Waals surface area contributed by atoms with Gasteiger partial charge in [0.2, 0.25) is 5.91 Å². The quantitative estimate of drug-likeness (QED) is 0.848. The summed E-state index contributed by atoms with van der Waals surface area (Å²) < 4.78 is 5.68. The number of amides is 1. The highest BCUT2D eigenvalue weighted by Crippen LogP contribution is 2.22. The van der Waals surface area contributed by atoms with Crippen LogP contribution in [0.4, 0.5) is 5.69 Å². The number of nitrogens with one attached hydrogen (secondary N) is 2. The number of para-hydroxylation sites is 1. The molecule has 0 aliphatic rings. The number of rotatable bonds is 6. The van der Waals surface area contributed by atoms with Crippen molar-refractivity contribution in [2.75, 3.05) is 18.9 Å². The lowest BCUT2D eigenvalue weighted by molar-refractivity contribution is -0.116. The summed E-state index contributed by atoms with van der Waals surface area (Å²) in [6.45, 7) is 0.668. The maximum Gasteiger partial charge on any atom is 0.225 e. The van der Waals surface area contributed by atoms with Gasteiger partial charge in [-0.1, -0.05) is 18.2 Å². The van der Waals surface area contributed by atoms with Crippen molar-refractivity contribution in [1.29, 1.82) is 0 Å². The van der Waals surface area contributed by atoms with Crippen LogP contribution in [-0.4, -0.2) is 19.5 Å². The van der Waals surface area contributed by atoms with Crippen molar-refractivity contribution in [3.63, 3.8) is 0 Å². The van der Waals surface area contributed by atoms with Crippen LogP contribution in [0, 0.1) is 0 Å². The molecule has 0 aromatic heterocycles. The van der Waals surface area contributed by atoms with Crippen molar-refractivity contribution in [2.24, 2.45) is 0 Å². The van der Waals surface area contributed by atoms with Crippen molar-refractivity contribution >= 4 is 11.6 Å². The Morgan fingerprint density at radius 1 is 1.00 bits per heavy atom. The van der Waals surface area contributed by atoms with Crippen LogP contribution in [0.25, 0.3) is 0 Å². The van der Waals surface area contributed by atoms with Crippen molar-refractivity contribution < 1.29 is 9.53 Å². The van der Waals surface area contributed by atoms with Gasteiger partial charge in [-0.15, -0.1) is 0 Å². The van der Waals surface area contributed by atoms with Gasteiger partial charge < -0.3 is 15.4 Å². The first-order valence-electron chi connectivity index (χ1n) is 6.55. The third-order valence-electron chi connectivity index (χ3n) is 2.72. The fourth-order valence-corrected chi connectivity index (χ4v) is 1.69. The van der Waals surface area contributed by atoms with Crippen LogP contribution in [0.1, 0.15) is 6.42 Å². The van der Waals surface area contributed by atoms with E-state index in [-0.39, 0.29) is 5.91 Å². The molecule has 0 aliphatic heterocycles. The Bertz CT molecular complexity index is 538. The Balaban J connectivity index is 1.91. The molecule has 20 heavy (non-hydrogen) atoms. The number of carbonyl (C=O) groups excluding carboxylic acids is 1. The lowest BCUT2D eigenvalue weighted by Crippen LogP contribution is -2.18. The summed E-state index contributed by atoms with van der Waals surface area (Å²) in [7, 11) is 1.82. The Hall–Kier alpha value is -2.33. The summed E-state index contributed by atoms with van der Waals surface area (Å²) in [5.41, 5.74) is 0.770. The van der Waals surface area contributed by atoms with Gasteiger partial charge >= 0.3 is 0 Å². The Labute approximate surface area is 118 Å². The van der Waals surface area contributed by atoms with E-state index < -0.39 is 0 Å². The normalized spacial score (nSPS) is 10.1. The third-order valence-corrected chi connectivity index (χ3v) is 2.72. The average Bonchev–Trinajstić information content (AvgIpc) is 2.48. The zero-order valence-corrected chi connectivity index (χ0v) is 11.4. The van der Waals surface area contributed by atoms with E-state index in [4.69, 9.17) is 4.74 Å². The van der Waals surface area contributed by atoms with Gasteiger partial charge in [0, 0.05) is 18.7 Å². The molecule has 1 amide bonds. The van der Waals surface area contributed by atoms with Crippen LogP contribution in [0.3, 0.4) is 0 Å². The molecular weight excluding hydrogens is 252 g/mol. The highest BCUT2D eigenvalue weighted by Gasteiger charge is 2.02. The molecule has 0 bridgehead atoms. The molecular formula is C16H18N2O2. The molecule has 0 heterocycles. The van der Waals surface area contributed by atoms with E-state index in [1.54, 1.807) is 0 Å². The predicted molar refractivity (Wildman–Crippen MR) is 80.1 cm³/mol. The standard InChI is InChI=1S/C16H18N2O2/c1-17-12-11-16(19)18-13-7-9-15(10-8-13)20-14-5-3-2-4-6-14/h2-10,17H,11-12H2,1H3,(H,18,19). The molecule has 0 atom stereocenters. The van der Waals surface area contributed by atoms with E-state index in [2.05, 4.69) is 10.6 Å². The summed E-state index contributed by atoms with van der Waals surface area (Å²) in [6.07, 6.45) is 0.457. The van der Waals surface area contributed by atoms with Crippen molar-refractivity contribution in [2.45, 2.75) is 6.42 Å². The summed E-state index contributed by atoms with van der Waals surface area (Å²) >= 11 is 0. The first-order chi connectivity index (χ1) is 9.78. The predicted octanol–water partition coefficient (Wildman–Crippen LogP) is 3.03. The molecule has 4 heteroatoms. The average molecular weight is 270 g/mol. The van der Waals surface area contributed by atoms with Gasteiger partial charge in [-0.05, 0) is 43.4 Å². The number of anilines is 1. The van der Waals surface area contributed by atoms with Crippen molar-refractivity contribution in [1.82, 2.24) is 5.32 Å². The van der Waals surface area contributed by atoms with E-state index in [0.717, 1.165) is 17.2 Å². The van der Waals surface area contributed by atoms with Gasteiger partial charge in [0.1, 0.15) is 11.5 Å². The van der Waals surface area contributed by atoms with E-state index in [9.17, 15) is 4.79 Å². The van der Waals surface area contributed by atoms with Crippen molar-refractivity contribution in [3.05, 3.63) is 54.6 Å². The molecule has 0 fully saturated rings. The topological polar surface area (TPSA) is 50.4 Å². The highest BCUT2D eigenvalue weighted by molar-refractivity contribution is 5.90. The van der Waals surface area contributed by atoms with Gasteiger partial charge in [0.25, 0.3) is 0 Å². The highest BCUT2D eigenvalue weighted by atomic mass is 16.5. The molecule has 4 nitrogen and oxygen atoms in total. The van der Waals surface area contributed by atoms with Gasteiger partial charge in [0.05, 0.1) is 0 Å². The molecule has 2 N–H and O–H groups in total. The largest absolute Gasteiger partial charge is 0.457 e. The molecule has 0 saturated carbocycles. The number of hydrogen-bond acceptors (Lipinski definition) is 3. The molecule has 2 aromatic rings. The third kappa shape index (κ3) is 4.40.